The Hall–Kier alpha value is -3.96. The molecule has 1 aromatic heterocycles. The summed E-state index contributed by atoms with van der Waals surface area (Å²) in [5.74, 6) is -0.778. The van der Waals surface area contributed by atoms with Crippen LogP contribution in [0.1, 0.15) is 15.9 Å². The summed E-state index contributed by atoms with van der Waals surface area (Å²) in [4.78, 5) is 30.3. The fourth-order valence-corrected chi connectivity index (χ4v) is 4.28. The van der Waals surface area contributed by atoms with Crippen molar-refractivity contribution >= 4 is 44.9 Å². The van der Waals surface area contributed by atoms with E-state index < -0.39 is 11.4 Å². The number of halogens is 2. The monoisotopic (exact) mass is 456 g/mol. The molecule has 5 aromatic rings. The number of hydrogen-bond acceptors (Lipinski definition) is 2. The van der Waals surface area contributed by atoms with Gasteiger partial charge in [-0.3, -0.25) is 9.59 Å². The minimum Gasteiger partial charge on any atom is -0.319 e. The van der Waals surface area contributed by atoms with Crippen LogP contribution in [-0.4, -0.2) is 10.9 Å². The highest BCUT2D eigenvalue weighted by atomic mass is 35.5. The molecule has 33 heavy (non-hydrogen) atoms. The van der Waals surface area contributed by atoms with Crippen molar-refractivity contribution in [1.29, 1.82) is 0 Å². The summed E-state index contributed by atoms with van der Waals surface area (Å²) in [6.45, 7) is 0.0618. The van der Waals surface area contributed by atoms with Crippen molar-refractivity contribution in [3.8, 4) is 0 Å². The largest absolute Gasteiger partial charge is 0.319 e. The van der Waals surface area contributed by atoms with Crippen molar-refractivity contribution in [3.63, 3.8) is 0 Å². The molecule has 6 heteroatoms. The van der Waals surface area contributed by atoms with Crippen LogP contribution in [0.4, 0.5) is 10.1 Å². The number of H-pyrrole nitrogens is 1. The van der Waals surface area contributed by atoms with Crippen molar-refractivity contribution < 1.29 is 9.18 Å². The molecule has 162 valence electrons. The number of pyridine rings is 1. The first-order chi connectivity index (χ1) is 16.0. The van der Waals surface area contributed by atoms with Crippen LogP contribution in [0.5, 0.6) is 0 Å². The lowest BCUT2D eigenvalue weighted by Crippen LogP contribution is -2.31. The summed E-state index contributed by atoms with van der Waals surface area (Å²) in [5, 5.41) is 2.77. The molecule has 0 saturated heterocycles. The molecule has 0 fully saturated rings. The van der Waals surface area contributed by atoms with E-state index in [-0.39, 0.29) is 18.0 Å². The van der Waals surface area contributed by atoms with E-state index in [0.717, 1.165) is 10.8 Å². The van der Waals surface area contributed by atoms with Gasteiger partial charge in [0.1, 0.15) is 5.82 Å². The number of rotatable bonds is 4. The fourth-order valence-electron chi connectivity index (χ4n) is 4.10. The third kappa shape index (κ3) is 3.99. The number of aromatic nitrogens is 1. The first kappa shape index (κ1) is 20.9. The number of para-hydroxylation sites is 1. The number of anilines is 1. The highest BCUT2D eigenvalue weighted by molar-refractivity contribution is 6.31. The van der Waals surface area contributed by atoms with E-state index in [2.05, 4.69) is 4.98 Å². The third-order valence-electron chi connectivity index (χ3n) is 5.63. The van der Waals surface area contributed by atoms with Crippen LogP contribution in [-0.2, 0) is 6.54 Å². The van der Waals surface area contributed by atoms with Crippen LogP contribution in [0, 0.1) is 5.82 Å². The Morgan fingerprint density at radius 2 is 1.61 bits per heavy atom. The molecule has 0 spiro atoms. The highest BCUT2D eigenvalue weighted by Gasteiger charge is 2.22. The fraction of sp³-hybridized carbons (Fsp3) is 0.0370. The van der Waals surface area contributed by atoms with E-state index in [1.165, 1.54) is 12.1 Å². The Labute approximate surface area is 193 Å². The van der Waals surface area contributed by atoms with Crippen molar-refractivity contribution in [2.24, 2.45) is 0 Å². The summed E-state index contributed by atoms with van der Waals surface area (Å²) in [6.07, 6.45) is 0. The topological polar surface area (TPSA) is 53.2 Å². The van der Waals surface area contributed by atoms with E-state index in [0.29, 0.717) is 27.2 Å². The number of carbonyl (C=O) groups is 1. The molecule has 0 aliphatic heterocycles. The van der Waals surface area contributed by atoms with Gasteiger partial charge in [0, 0.05) is 27.7 Å². The van der Waals surface area contributed by atoms with Gasteiger partial charge >= 0.3 is 0 Å². The number of amides is 1. The van der Waals surface area contributed by atoms with Crippen LogP contribution < -0.4 is 10.5 Å². The van der Waals surface area contributed by atoms with Crippen LogP contribution in [0.15, 0.2) is 95.8 Å². The number of nitrogens with zero attached hydrogens (tertiary/aromatic N) is 1. The minimum atomic E-state index is -0.527. The van der Waals surface area contributed by atoms with Gasteiger partial charge < -0.3 is 9.88 Å². The molecule has 1 amide bonds. The van der Waals surface area contributed by atoms with Gasteiger partial charge in [0.15, 0.2) is 0 Å². The lowest BCUT2D eigenvalue weighted by Gasteiger charge is -2.24. The number of carbonyl (C=O) groups excluding carboxylic acids is 1. The van der Waals surface area contributed by atoms with Crippen molar-refractivity contribution in [3.05, 3.63) is 123 Å². The molecule has 0 unspecified atom stereocenters. The molecule has 0 bridgehead atoms. The van der Waals surface area contributed by atoms with Gasteiger partial charge in [-0.2, -0.15) is 0 Å². The Kier molecular flexibility index (Phi) is 5.40. The average molecular weight is 457 g/mol. The summed E-state index contributed by atoms with van der Waals surface area (Å²) in [5.41, 5.74) is 1.30. The maximum atomic E-state index is 14.4. The second kappa shape index (κ2) is 8.52. The predicted molar refractivity (Wildman–Crippen MR) is 130 cm³/mol. The average Bonchev–Trinajstić information content (AvgIpc) is 2.82. The third-order valence-corrected chi connectivity index (χ3v) is 5.86. The predicted octanol–water partition coefficient (Wildman–Crippen LogP) is 6.32. The lowest BCUT2D eigenvalue weighted by atomic mass is 10.0. The summed E-state index contributed by atoms with van der Waals surface area (Å²) >= 11 is 6.24. The first-order valence-corrected chi connectivity index (χ1v) is 10.7. The molecular weight excluding hydrogens is 439 g/mol. The molecule has 1 N–H and O–H groups in total. The quantitative estimate of drug-likeness (QED) is 0.344. The van der Waals surface area contributed by atoms with Gasteiger partial charge in [0.25, 0.3) is 5.91 Å². The molecule has 4 nitrogen and oxygen atoms in total. The Morgan fingerprint density at radius 1 is 0.879 bits per heavy atom. The zero-order chi connectivity index (χ0) is 22.9. The summed E-state index contributed by atoms with van der Waals surface area (Å²) in [6, 6.07) is 26.2. The lowest BCUT2D eigenvalue weighted by molar-refractivity contribution is 0.0987. The second-order valence-corrected chi connectivity index (χ2v) is 8.16. The Bertz CT molecular complexity index is 1570. The summed E-state index contributed by atoms with van der Waals surface area (Å²) in [7, 11) is 0. The molecule has 4 aromatic carbocycles. The normalized spacial score (nSPS) is 11.1. The van der Waals surface area contributed by atoms with Gasteiger partial charge in [-0.1, -0.05) is 66.2 Å². The first-order valence-electron chi connectivity index (χ1n) is 10.4. The Morgan fingerprint density at radius 3 is 2.45 bits per heavy atom. The van der Waals surface area contributed by atoms with Gasteiger partial charge in [-0.05, 0) is 46.7 Å². The van der Waals surface area contributed by atoms with Crippen molar-refractivity contribution in [2.75, 3.05) is 4.90 Å². The SMILES string of the molecule is O=C(c1cccc2ccccc12)N(Cc1cc(=O)[nH]c2c(F)cccc12)c1cccc(Cl)c1. The van der Waals surface area contributed by atoms with Crippen LogP contribution in [0.3, 0.4) is 0 Å². The van der Waals surface area contributed by atoms with Crippen LogP contribution in [0.25, 0.3) is 21.7 Å². The van der Waals surface area contributed by atoms with Gasteiger partial charge in [-0.25, -0.2) is 4.39 Å². The molecule has 0 aliphatic carbocycles. The molecule has 1 heterocycles. The standard InChI is InChI=1S/C27H18ClFN2O2/c28-19-8-4-9-20(15-19)31(27(33)23-12-3-7-17-6-1-2-10-21(17)23)16-18-14-25(32)30-26-22(18)11-5-13-24(26)29/h1-15H,16H2,(H,30,32). The molecule has 0 aliphatic rings. The van der Waals surface area contributed by atoms with E-state index in [9.17, 15) is 14.0 Å². The smallest absolute Gasteiger partial charge is 0.259 e. The van der Waals surface area contributed by atoms with Crippen molar-refractivity contribution in [2.45, 2.75) is 6.54 Å². The highest BCUT2D eigenvalue weighted by Crippen LogP contribution is 2.28. The second-order valence-electron chi connectivity index (χ2n) is 7.72. The number of fused-ring (bicyclic) bond motifs is 2. The van der Waals surface area contributed by atoms with Crippen LogP contribution in [0.2, 0.25) is 5.02 Å². The summed E-state index contributed by atoms with van der Waals surface area (Å²) < 4.78 is 14.4. The maximum Gasteiger partial charge on any atom is 0.259 e. The van der Waals surface area contributed by atoms with E-state index in [1.54, 1.807) is 47.4 Å². The number of aromatic amines is 1. The van der Waals surface area contributed by atoms with Crippen LogP contribution >= 0.6 is 11.6 Å². The van der Waals surface area contributed by atoms with E-state index in [4.69, 9.17) is 11.6 Å². The van der Waals surface area contributed by atoms with E-state index >= 15 is 0 Å². The van der Waals surface area contributed by atoms with E-state index in [1.807, 2.05) is 36.4 Å². The van der Waals surface area contributed by atoms with Gasteiger partial charge in [0.05, 0.1) is 12.1 Å². The van der Waals surface area contributed by atoms with Gasteiger partial charge in [-0.15, -0.1) is 0 Å². The maximum absolute atomic E-state index is 14.4. The molecular formula is C27H18ClFN2O2. The molecule has 0 atom stereocenters. The number of nitrogens with one attached hydrogen (secondary N) is 1. The molecule has 0 saturated carbocycles. The minimum absolute atomic E-state index is 0.0618. The zero-order valence-corrected chi connectivity index (χ0v) is 18.1. The number of benzene rings is 4. The Balaban J connectivity index is 1.68. The molecule has 5 rings (SSSR count). The number of hydrogen-bond donors (Lipinski definition) is 1. The van der Waals surface area contributed by atoms with Gasteiger partial charge in [0.2, 0.25) is 5.56 Å². The zero-order valence-electron chi connectivity index (χ0n) is 17.4. The molecule has 0 radical (unpaired) electrons. The van der Waals surface area contributed by atoms with Crippen molar-refractivity contribution in [1.82, 2.24) is 4.98 Å².